The van der Waals surface area contributed by atoms with E-state index < -0.39 is 0 Å². The van der Waals surface area contributed by atoms with Crippen molar-refractivity contribution in [3.63, 3.8) is 0 Å². The Bertz CT molecular complexity index is 336. The summed E-state index contributed by atoms with van der Waals surface area (Å²) in [7, 11) is 0. The standard InChI is InChI=1S/C13H19ClN2.ClH/c14-11-3-1-2-10(8-11)9-16-13-6-4-12(15)5-7-13;/h1-3,8,12-13,16H,4-7,9,15H2;1H. The zero-order valence-corrected chi connectivity index (χ0v) is 11.4. The predicted molar refractivity (Wildman–Crippen MR) is 75.8 cm³/mol. The van der Waals surface area contributed by atoms with Crippen molar-refractivity contribution < 1.29 is 0 Å². The Morgan fingerprint density at radius 1 is 1.24 bits per heavy atom. The SMILES string of the molecule is Cl.NC1CCC(NCc2cccc(Cl)c2)CC1. The van der Waals surface area contributed by atoms with E-state index in [0.29, 0.717) is 12.1 Å². The topological polar surface area (TPSA) is 38.0 Å². The van der Waals surface area contributed by atoms with Gasteiger partial charge in [-0.25, -0.2) is 0 Å². The smallest absolute Gasteiger partial charge is 0.0409 e. The molecule has 2 rings (SSSR count). The van der Waals surface area contributed by atoms with Gasteiger partial charge in [0.05, 0.1) is 0 Å². The second kappa shape index (κ2) is 7.22. The van der Waals surface area contributed by atoms with E-state index in [9.17, 15) is 0 Å². The highest BCUT2D eigenvalue weighted by Gasteiger charge is 2.17. The van der Waals surface area contributed by atoms with Crippen LogP contribution in [0.15, 0.2) is 24.3 Å². The van der Waals surface area contributed by atoms with Crippen LogP contribution in [0.4, 0.5) is 0 Å². The van der Waals surface area contributed by atoms with Crippen molar-refractivity contribution in [3.05, 3.63) is 34.9 Å². The van der Waals surface area contributed by atoms with E-state index in [1.165, 1.54) is 18.4 Å². The summed E-state index contributed by atoms with van der Waals surface area (Å²) in [6.07, 6.45) is 4.68. The maximum Gasteiger partial charge on any atom is 0.0409 e. The third-order valence-electron chi connectivity index (χ3n) is 3.26. The Kier molecular flexibility index (Phi) is 6.28. The van der Waals surface area contributed by atoms with Crippen LogP contribution in [0.1, 0.15) is 31.2 Å². The first-order valence-corrected chi connectivity index (χ1v) is 6.35. The van der Waals surface area contributed by atoms with Crippen LogP contribution >= 0.6 is 24.0 Å². The molecule has 0 heterocycles. The van der Waals surface area contributed by atoms with E-state index in [1.54, 1.807) is 0 Å². The lowest BCUT2D eigenvalue weighted by molar-refractivity contribution is 0.342. The minimum atomic E-state index is 0. The summed E-state index contributed by atoms with van der Waals surface area (Å²) in [5.74, 6) is 0. The quantitative estimate of drug-likeness (QED) is 0.889. The Hall–Kier alpha value is -0.280. The van der Waals surface area contributed by atoms with Crippen LogP contribution in [0, 0.1) is 0 Å². The minimum Gasteiger partial charge on any atom is -0.328 e. The zero-order valence-electron chi connectivity index (χ0n) is 9.86. The van der Waals surface area contributed by atoms with Crippen molar-refractivity contribution in [2.75, 3.05) is 0 Å². The van der Waals surface area contributed by atoms with E-state index in [4.69, 9.17) is 17.3 Å². The largest absolute Gasteiger partial charge is 0.328 e. The van der Waals surface area contributed by atoms with Crippen LogP contribution in [-0.4, -0.2) is 12.1 Å². The summed E-state index contributed by atoms with van der Waals surface area (Å²) >= 11 is 5.94. The first kappa shape index (κ1) is 14.8. The second-order valence-corrected chi connectivity index (χ2v) is 5.06. The molecule has 1 aromatic carbocycles. The third-order valence-corrected chi connectivity index (χ3v) is 3.49. The molecule has 0 spiro atoms. The van der Waals surface area contributed by atoms with Gasteiger partial charge in [-0.05, 0) is 43.4 Å². The first-order valence-electron chi connectivity index (χ1n) is 5.97. The molecule has 3 N–H and O–H groups in total. The molecule has 17 heavy (non-hydrogen) atoms. The van der Waals surface area contributed by atoms with Crippen molar-refractivity contribution in [3.8, 4) is 0 Å². The first-order chi connectivity index (χ1) is 7.74. The van der Waals surface area contributed by atoms with Crippen molar-refractivity contribution in [1.82, 2.24) is 5.32 Å². The second-order valence-electron chi connectivity index (χ2n) is 4.62. The van der Waals surface area contributed by atoms with Crippen LogP contribution in [0.2, 0.25) is 5.02 Å². The molecule has 0 aliphatic heterocycles. The van der Waals surface area contributed by atoms with Gasteiger partial charge in [0.1, 0.15) is 0 Å². The van der Waals surface area contributed by atoms with E-state index >= 15 is 0 Å². The molecular formula is C13H20Cl2N2. The molecule has 0 amide bonds. The van der Waals surface area contributed by atoms with Crippen LogP contribution in [0.25, 0.3) is 0 Å². The van der Waals surface area contributed by atoms with Gasteiger partial charge in [-0.3, -0.25) is 0 Å². The highest BCUT2D eigenvalue weighted by Crippen LogP contribution is 2.18. The average molecular weight is 275 g/mol. The molecule has 1 aliphatic rings. The fourth-order valence-corrected chi connectivity index (χ4v) is 2.45. The number of rotatable bonds is 3. The maximum absolute atomic E-state index is 5.94. The zero-order chi connectivity index (χ0) is 11.4. The van der Waals surface area contributed by atoms with E-state index in [0.717, 1.165) is 24.4 Å². The van der Waals surface area contributed by atoms with E-state index in [2.05, 4.69) is 11.4 Å². The van der Waals surface area contributed by atoms with E-state index in [1.807, 2.05) is 18.2 Å². The Morgan fingerprint density at radius 3 is 2.59 bits per heavy atom. The molecule has 96 valence electrons. The molecule has 1 aromatic rings. The molecule has 0 atom stereocenters. The van der Waals surface area contributed by atoms with Crippen LogP contribution < -0.4 is 11.1 Å². The van der Waals surface area contributed by atoms with Crippen molar-refractivity contribution in [2.24, 2.45) is 5.73 Å². The summed E-state index contributed by atoms with van der Waals surface area (Å²) in [5, 5.41) is 4.38. The lowest BCUT2D eigenvalue weighted by Gasteiger charge is -2.27. The van der Waals surface area contributed by atoms with Gasteiger partial charge in [0.25, 0.3) is 0 Å². The molecule has 1 saturated carbocycles. The Labute approximate surface area is 114 Å². The fourth-order valence-electron chi connectivity index (χ4n) is 2.23. The van der Waals surface area contributed by atoms with Crippen molar-refractivity contribution in [2.45, 2.75) is 44.3 Å². The van der Waals surface area contributed by atoms with Crippen LogP contribution in [0.5, 0.6) is 0 Å². The van der Waals surface area contributed by atoms with Crippen LogP contribution in [0.3, 0.4) is 0 Å². The molecular weight excluding hydrogens is 255 g/mol. The van der Waals surface area contributed by atoms with Gasteiger partial charge in [-0.1, -0.05) is 23.7 Å². The maximum atomic E-state index is 5.94. The molecule has 4 heteroatoms. The van der Waals surface area contributed by atoms with Gasteiger partial charge in [0, 0.05) is 23.7 Å². The molecule has 0 radical (unpaired) electrons. The predicted octanol–water partition coefficient (Wildman–Crippen LogP) is 3.12. The van der Waals surface area contributed by atoms with Crippen LogP contribution in [-0.2, 0) is 6.54 Å². The molecule has 1 fully saturated rings. The molecule has 1 aliphatic carbocycles. The average Bonchev–Trinajstić information content (AvgIpc) is 2.28. The van der Waals surface area contributed by atoms with Crippen molar-refractivity contribution in [1.29, 1.82) is 0 Å². The molecule has 2 nitrogen and oxygen atoms in total. The summed E-state index contributed by atoms with van der Waals surface area (Å²) < 4.78 is 0. The summed E-state index contributed by atoms with van der Waals surface area (Å²) in [4.78, 5) is 0. The number of hydrogen-bond donors (Lipinski definition) is 2. The number of benzene rings is 1. The van der Waals surface area contributed by atoms with Gasteiger partial charge in [0.2, 0.25) is 0 Å². The molecule has 0 saturated heterocycles. The van der Waals surface area contributed by atoms with Gasteiger partial charge in [-0.15, -0.1) is 12.4 Å². The highest BCUT2D eigenvalue weighted by atomic mass is 35.5. The number of hydrogen-bond acceptors (Lipinski definition) is 2. The monoisotopic (exact) mass is 274 g/mol. The lowest BCUT2D eigenvalue weighted by Crippen LogP contribution is -2.36. The minimum absolute atomic E-state index is 0. The Balaban J connectivity index is 0.00000144. The Morgan fingerprint density at radius 2 is 1.94 bits per heavy atom. The summed E-state index contributed by atoms with van der Waals surface area (Å²) in [6, 6.07) is 9.07. The third kappa shape index (κ3) is 4.84. The number of halogens is 2. The molecule has 0 unspecified atom stereocenters. The fraction of sp³-hybridized carbons (Fsp3) is 0.538. The normalized spacial score (nSPS) is 24.1. The van der Waals surface area contributed by atoms with Gasteiger partial charge >= 0.3 is 0 Å². The van der Waals surface area contributed by atoms with E-state index in [-0.39, 0.29) is 12.4 Å². The van der Waals surface area contributed by atoms with Gasteiger partial charge in [0.15, 0.2) is 0 Å². The highest BCUT2D eigenvalue weighted by molar-refractivity contribution is 6.30. The number of nitrogens with two attached hydrogens (primary N) is 1. The van der Waals surface area contributed by atoms with Gasteiger partial charge < -0.3 is 11.1 Å². The lowest BCUT2D eigenvalue weighted by atomic mass is 9.92. The summed E-state index contributed by atoms with van der Waals surface area (Å²) in [5.41, 5.74) is 7.13. The van der Waals surface area contributed by atoms with Gasteiger partial charge in [-0.2, -0.15) is 0 Å². The molecule has 0 bridgehead atoms. The summed E-state index contributed by atoms with van der Waals surface area (Å²) in [6.45, 7) is 0.903. The number of nitrogens with one attached hydrogen (secondary N) is 1. The molecule has 0 aromatic heterocycles. The van der Waals surface area contributed by atoms with Crippen molar-refractivity contribution >= 4 is 24.0 Å².